The second-order valence-electron chi connectivity index (χ2n) is 7.16. The third-order valence-electron chi connectivity index (χ3n) is 4.89. The lowest BCUT2D eigenvalue weighted by Gasteiger charge is -2.12. The summed E-state index contributed by atoms with van der Waals surface area (Å²) in [6, 6.07) is 6.00. The van der Waals surface area contributed by atoms with Crippen LogP contribution in [-0.2, 0) is 0 Å². The van der Waals surface area contributed by atoms with Gasteiger partial charge in [-0.05, 0) is 74.4 Å². The van der Waals surface area contributed by atoms with Gasteiger partial charge in [0.05, 0.1) is 16.5 Å². The van der Waals surface area contributed by atoms with E-state index in [1.807, 2.05) is 38.2 Å². The first-order valence-electron chi connectivity index (χ1n) is 9.48. The largest absolute Gasteiger partial charge is 0.490 e. The monoisotopic (exact) mass is 373 g/mol. The number of terminal acetylenes is 1. The molecule has 1 fully saturated rings. The number of ether oxygens (including phenoxy) is 1. The van der Waals surface area contributed by atoms with Crippen LogP contribution in [0.5, 0.6) is 5.75 Å². The molecule has 0 unspecified atom stereocenters. The highest BCUT2D eigenvalue weighted by Gasteiger charge is 2.20. The van der Waals surface area contributed by atoms with Crippen molar-refractivity contribution in [3.63, 3.8) is 0 Å². The van der Waals surface area contributed by atoms with E-state index < -0.39 is 0 Å². The zero-order valence-corrected chi connectivity index (χ0v) is 16.6. The summed E-state index contributed by atoms with van der Waals surface area (Å²) in [7, 11) is 0. The molecule has 3 heteroatoms. The molecule has 0 N–H and O–H groups in total. The average molecular weight is 374 g/mol. The molecule has 0 atom stereocenters. The molecule has 2 aromatic rings. The van der Waals surface area contributed by atoms with Crippen LogP contribution in [0.15, 0.2) is 53.8 Å². The van der Waals surface area contributed by atoms with Gasteiger partial charge in [-0.15, -0.1) is 17.8 Å². The van der Waals surface area contributed by atoms with Crippen LogP contribution in [0.2, 0.25) is 0 Å². The predicted molar refractivity (Wildman–Crippen MR) is 114 cm³/mol. The zero-order valence-electron chi connectivity index (χ0n) is 15.8. The van der Waals surface area contributed by atoms with Crippen molar-refractivity contribution in [2.45, 2.75) is 45.6 Å². The minimum Gasteiger partial charge on any atom is -0.490 e. The van der Waals surface area contributed by atoms with Crippen LogP contribution in [0.1, 0.15) is 50.0 Å². The van der Waals surface area contributed by atoms with Crippen LogP contribution in [-0.4, -0.2) is 11.1 Å². The standard InChI is InChI=1S/C24H23NOS/c1-4-17-14-19(12-13-22(17)26-16(2)3)24-25-15-23(27-24)21-10-6-5-8-18-9-7-11-20(18)21/h1,6,8,10,12-16H,5,7,9,11H2,2-3H3. The summed E-state index contributed by atoms with van der Waals surface area (Å²) in [4.78, 5) is 5.93. The molecule has 1 aromatic carbocycles. The number of hydrogen-bond acceptors (Lipinski definition) is 3. The zero-order chi connectivity index (χ0) is 18.8. The van der Waals surface area contributed by atoms with Crippen LogP contribution < -0.4 is 4.74 Å². The van der Waals surface area contributed by atoms with Crippen molar-refractivity contribution in [1.29, 1.82) is 0 Å². The Kier molecular flexibility index (Phi) is 5.01. The van der Waals surface area contributed by atoms with Crippen molar-refractivity contribution in [3.8, 4) is 28.7 Å². The van der Waals surface area contributed by atoms with Gasteiger partial charge in [0.2, 0.25) is 0 Å². The maximum absolute atomic E-state index is 5.81. The van der Waals surface area contributed by atoms with Crippen LogP contribution in [0.4, 0.5) is 0 Å². The van der Waals surface area contributed by atoms with E-state index in [4.69, 9.17) is 16.1 Å². The van der Waals surface area contributed by atoms with Gasteiger partial charge in [-0.3, -0.25) is 0 Å². The summed E-state index contributed by atoms with van der Waals surface area (Å²) in [5.74, 6) is 3.50. The van der Waals surface area contributed by atoms with E-state index in [-0.39, 0.29) is 6.10 Å². The molecule has 0 spiro atoms. The first kappa shape index (κ1) is 17.8. The Balaban J connectivity index is 1.69. The molecule has 27 heavy (non-hydrogen) atoms. The highest BCUT2D eigenvalue weighted by atomic mass is 32.1. The molecule has 1 aromatic heterocycles. The average Bonchev–Trinajstić information content (AvgIpc) is 3.28. The fraction of sp³-hybridized carbons (Fsp3) is 0.292. The summed E-state index contributed by atoms with van der Waals surface area (Å²) >= 11 is 1.73. The number of hydrogen-bond donors (Lipinski definition) is 0. The molecule has 2 aliphatic rings. The van der Waals surface area contributed by atoms with Crippen LogP contribution >= 0.6 is 11.3 Å². The van der Waals surface area contributed by atoms with Gasteiger partial charge in [0.25, 0.3) is 0 Å². The molecule has 0 amide bonds. The molecule has 0 radical (unpaired) electrons. The Morgan fingerprint density at radius 2 is 2.15 bits per heavy atom. The molecule has 4 rings (SSSR count). The van der Waals surface area contributed by atoms with Gasteiger partial charge in [0.1, 0.15) is 10.8 Å². The quantitative estimate of drug-likeness (QED) is 0.578. The molecule has 0 bridgehead atoms. The van der Waals surface area contributed by atoms with Gasteiger partial charge >= 0.3 is 0 Å². The summed E-state index contributed by atoms with van der Waals surface area (Å²) in [6.45, 7) is 4.00. The van der Waals surface area contributed by atoms with Gasteiger partial charge in [0.15, 0.2) is 0 Å². The van der Waals surface area contributed by atoms with Crippen molar-refractivity contribution in [2.75, 3.05) is 0 Å². The second-order valence-corrected chi connectivity index (χ2v) is 8.20. The van der Waals surface area contributed by atoms with Gasteiger partial charge in [-0.2, -0.15) is 0 Å². The van der Waals surface area contributed by atoms with Crippen molar-refractivity contribution in [3.05, 3.63) is 64.2 Å². The Morgan fingerprint density at radius 1 is 1.26 bits per heavy atom. The Bertz CT molecular complexity index is 998. The fourth-order valence-electron chi connectivity index (χ4n) is 3.69. The van der Waals surface area contributed by atoms with E-state index in [9.17, 15) is 0 Å². The van der Waals surface area contributed by atoms with E-state index >= 15 is 0 Å². The van der Waals surface area contributed by atoms with E-state index in [1.165, 1.54) is 40.9 Å². The lowest BCUT2D eigenvalue weighted by molar-refractivity contribution is 0.242. The minimum atomic E-state index is 0.0959. The first-order chi connectivity index (χ1) is 13.2. The lowest BCUT2D eigenvalue weighted by atomic mass is 10.0. The smallest absolute Gasteiger partial charge is 0.135 e. The van der Waals surface area contributed by atoms with Crippen molar-refractivity contribution < 1.29 is 4.74 Å². The number of fused-ring (bicyclic) bond motifs is 1. The summed E-state index contributed by atoms with van der Waals surface area (Å²) in [5.41, 5.74) is 6.19. The van der Waals surface area contributed by atoms with Crippen LogP contribution in [0.25, 0.3) is 16.1 Å². The molecule has 136 valence electrons. The summed E-state index contributed by atoms with van der Waals surface area (Å²) in [6.07, 6.45) is 19.4. The third-order valence-corrected chi connectivity index (χ3v) is 5.97. The molecule has 0 saturated heterocycles. The Hall–Kier alpha value is -2.57. The number of thiazole rings is 1. The van der Waals surface area contributed by atoms with Gasteiger partial charge < -0.3 is 4.74 Å². The fourth-order valence-corrected chi connectivity index (χ4v) is 4.66. The number of rotatable bonds is 4. The lowest BCUT2D eigenvalue weighted by Crippen LogP contribution is -2.06. The van der Waals surface area contributed by atoms with E-state index in [0.29, 0.717) is 0 Å². The van der Waals surface area contributed by atoms with Crippen molar-refractivity contribution >= 4 is 16.9 Å². The highest BCUT2D eigenvalue weighted by molar-refractivity contribution is 7.16. The Labute approximate surface area is 165 Å². The number of allylic oxidation sites excluding steroid dienone is 6. The normalized spacial score (nSPS) is 16.1. The summed E-state index contributed by atoms with van der Waals surface area (Å²) < 4.78 is 5.81. The first-order valence-corrected chi connectivity index (χ1v) is 10.3. The molecule has 2 aliphatic carbocycles. The van der Waals surface area contributed by atoms with E-state index in [1.54, 1.807) is 11.3 Å². The minimum absolute atomic E-state index is 0.0959. The molecule has 1 heterocycles. The maximum Gasteiger partial charge on any atom is 0.135 e. The topological polar surface area (TPSA) is 22.1 Å². The van der Waals surface area contributed by atoms with Crippen LogP contribution in [0, 0.1) is 12.3 Å². The third kappa shape index (κ3) is 3.63. The molecule has 2 nitrogen and oxygen atoms in total. The van der Waals surface area contributed by atoms with E-state index in [2.05, 4.69) is 24.1 Å². The second kappa shape index (κ2) is 7.58. The highest BCUT2D eigenvalue weighted by Crippen LogP contribution is 2.41. The SMILES string of the molecule is C#Cc1cc(-c2ncc(C3=C4CCCC4=CCC=C3)s2)ccc1OC(C)C. The molecule has 0 aliphatic heterocycles. The van der Waals surface area contributed by atoms with Gasteiger partial charge in [-0.25, -0.2) is 4.98 Å². The maximum atomic E-state index is 5.81. The number of benzene rings is 1. The van der Waals surface area contributed by atoms with E-state index in [0.717, 1.165) is 28.3 Å². The van der Waals surface area contributed by atoms with Crippen molar-refractivity contribution in [1.82, 2.24) is 4.98 Å². The van der Waals surface area contributed by atoms with Crippen LogP contribution in [0.3, 0.4) is 0 Å². The van der Waals surface area contributed by atoms with Gasteiger partial charge in [-0.1, -0.05) is 24.1 Å². The van der Waals surface area contributed by atoms with Gasteiger partial charge in [0, 0.05) is 11.8 Å². The Morgan fingerprint density at radius 3 is 2.96 bits per heavy atom. The molecule has 1 saturated carbocycles. The molecular formula is C24H23NOS. The number of aromatic nitrogens is 1. The molecular weight excluding hydrogens is 350 g/mol. The number of nitrogens with zero attached hydrogens (tertiary/aromatic N) is 1. The van der Waals surface area contributed by atoms with Crippen molar-refractivity contribution in [2.24, 2.45) is 0 Å². The summed E-state index contributed by atoms with van der Waals surface area (Å²) in [5, 5.41) is 0.992. The predicted octanol–water partition coefficient (Wildman–Crippen LogP) is 6.40.